The number of hydrogen-bond acceptors (Lipinski definition) is 6. The van der Waals surface area contributed by atoms with Gasteiger partial charge in [-0.05, 0) is 25.0 Å². The second kappa shape index (κ2) is 7.07. The highest BCUT2D eigenvalue weighted by Crippen LogP contribution is 2.31. The molecule has 0 spiro atoms. The van der Waals surface area contributed by atoms with Crippen molar-refractivity contribution < 1.29 is 18.4 Å². The molecule has 2 aliphatic heterocycles. The molecule has 29 heavy (non-hydrogen) atoms. The predicted molar refractivity (Wildman–Crippen MR) is 100.0 cm³/mol. The molecule has 8 nitrogen and oxygen atoms in total. The van der Waals surface area contributed by atoms with Crippen molar-refractivity contribution in [1.82, 2.24) is 24.8 Å². The fourth-order valence-corrected chi connectivity index (χ4v) is 4.00. The van der Waals surface area contributed by atoms with Crippen LogP contribution in [0, 0.1) is 5.82 Å². The van der Waals surface area contributed by atoms with Crippen molar-refractivity contribution in [2.24, 2.45) is 7.05 Å². The van der Waals surface area contributed by atoms with E-state index < -0.39 is 5.82 Å². The molecular formula is C20H20FN5O3. The quantitative estimate of drug-likeness (QED) is 0.674. The van der Waals surface area contributed by atoms with E-state index in [1.54, 1.807) is 27.8 Å². The van der Waals surface area contributed by atoms with Gasteiger partial charge in [0.2, 0.25) is 5.82 Å². The van der Waals surface area contributed by atoms with Crippen molar-refractivity contribution in [3.05, 3.63) is 41.3 Å². The first-order chi connectivity index (χ1) is 14.1. The Morgan fingerprint density at radius 2 is 2.17 bits per heavy atom. The van der Waals surface area contributed by atoms with E-state index in [2.05, 4.69) is 15.2 Å². The van der Waals surface area contributed by atoms with Gasteiger partial charge in [0.15, 0.2) is 5.69 Å². The van der Waals surface area contributed by atoms with Gasteiger partial charge in [0.1, 0.15) is 11.9 Å². The first-order valence-corrected chi connectivity index (χ1v) is 9.66. The SMILES string of the molecule is Cn1nc(-c2nc(-c3ccccc3F)no2)c2c1CCN(C(=O)[C@H]1CCCO1)C2. The van der Waals surface area contributed by atoms with Crippen molar-refractivity contribution in [1.29, 1.82) is 0 Å². The number of benzene rings is 1. The van der Waals surface area contributed by atoms with Crippen LogP contribution in [-0.2, 0) is 29.5 Å². The molecule has 0 bridgehead atoms. The van der Waals surface area contributed by atoms with Crippen molar-refractivity contribution in [3.63, 3.8) is 0 Å². The van der Waals surface area contributed by atoms with Crippen LogP contribution < -0.4 is 0 Å². The third-order valence-electron chi connectivity index (χ3n) is 5.50. The Hall–Kier alpha value is -3.07. The number of rotatable bonds is 3. The van der Waals surface area contributed by atoms with Crippen molar-refractivity contribution in [2.45, 2.75) is 31.9 Å². The number of aromatic nitrogens is 4. The number of amides is 1. The summed E-state index contributed by atoms with van der Waals surface area (Å²) in [6.07, 6.45) is 2.00. The van der Waals surface area contributed by atoms with Gasteiger partial charge in [-0.2, -0.15) is 10.1 Å². The molecule has 9 heteroatoms. The summed E-state index contributed by atoms with van der Waals surface area (Å²) in [6, 6.07) is 6.27. The molecule has 0 aliphatic carbocycles. The summed E-state index contributed by atoms with van der Waals surface area (Å²) in [7, 11) is 1.86. The molecule has 150 valence electrons. The van der Waals surface area contributed by atoms with E-state index in [0.29, 0.717) is 31.8 Å². The zero-order chi connectivity index (χ0) is 20.0. The first kappa shape index (κ1) is 18.0. The topological polar surface area (TPSA) is 86.3 Å². The minimum absolute atomic E-state index is 0.0144. The molecule has 2 aromatic heterocycles. The molecule has 0 unspecified atom stereocenters. The van der Waals surface area contributed by atoms with Crippen LogP contribution in [0.5, 0.6) is 0 Å². The van der Waals surface area contributed by atoms with Gasteiger partial charge in [-0.3, -0.25) is 9.48 Å². The molecule has 0 radical (unpaired) electrons. The molecule has 1 aromatic carbocycles. The Kier molecular flexibility index (Phi) is 4.39. The van der Waals surface area contributed by atoms with Gasteiger partial charge < -0.3 is 14.2 Å². The number of ether oxygens (including phenoxy) is 1. The van der Waals surface area contributed by atoms with Gasteiger partial charge in [-0.25, -0.2) is 4.39 Å². The van der Waals surface area contributed by atoms with E-state index in [-0.39, 0.29) is 29.3 Å². The van der Waals surface area contributed by atoms with Gasteiger partial charge in [0, 0.05) is 44.4 Å². The van der Waals surface area contributed by atoms with Crippen LogP contribution in [0.25, 0.3) is 23.0 Å². The van der Waals surface area contributed by atoms with Crippen LogP contribution in [0.1, 0.15) is 24.1 Å². The molecule has 4 heterocycles. The summed E-state index contributed by atoms with van der Waals surface area (Å²) in [5.41, 5.74) is 2.71. The summed E-state index contributed by atoms with van der Waals surface area (Å²) in [5.74, 6) is -0.0242. The number of nitrogens with zero attached hydrogens (tertiary/aromatic N) is 5. The molecule has 3 aromatic rings. The summed E-state index contributed by atoms with van der Waals surface area (Å²) in [6.45, 7) is 1.66. The lowest BCUT2D eigenvalue weighted by atomic mass is 10.0. The summed E-state index contributed by atoms with van der Waals surface area (Å²) in [5, 5.41) is 8.46. The average Bonchev–Trinajstić information content (AvgIpc) is 3.48. The van der Waals surface area contributed by atoms with Gasteiger partial charge in [0.05, 0.1) is 5.56 Å². The molecule has 1 atom stereocenters. The number of aryl methyl sites for hydroxylation is 1. The maximum atomic E-state index is 14.1. The Balaban J connectivity index is 1.46. The largest absolute Gasteiger partial charge is 0.368 e. The summed E-state index contributed by atoms with van der Waals surface area (Å²) in [4.78, 5) is 18.9. The number of carbonyl (C=O) groups excluding carboxylic acids is 1. The molecule has 2 aliphatic rings. The third kappa shape index (κ3) is 3.11. The molecule has 1 fully saturated rings. The molecule has 1 saturated heterocycles. The van der Waals surface area contributed by atoms with E-state index in [1.165, 1.54) is 6.07 Å². The molecule has 0 saturated carbocycles. The maximum absolute atomic E-state index is 14.1. The molecular weight excluding hydrogens is 377 g/mol. The second-order valence-corrected chi connectivity index (χ2v) is 7.31. The van der Waals surface area contributed by atoms with Gasteiger partial charge in [-0.15, -0.1) is 0 Å². The van der Waals surface area contributed by atoms with Crippen LogP contribution in [0.4, 0.5) is 4.39 Å². The lowest BCUT2D eigenvalue weighted by Crippen LogP contribution is -2.42. The minimum Gasteiger partial charge on any atom is -0.368 e. The van der Waals surface area contributed by atoms with Crippen LogP contribution in [0.15, 0.2) is 28.8 Å². The number of carbonyl (C=O) groups is 1. The maximum Gasteiger partial charge on any atom is 0.279 e. The van der Waals surface area contributed by atoms with E-state index in [4.69, 9.17) is 9.26 Å². The normalized spacial score (nSPS) is 18.8. The highest BCUT2D eigenvalue weighted by Gasteiger charge is 2.34. The van der Waals surface area contributed by atoms with E-state index in [9.17, 15) is 9.18 Å². The molecule has 0 N–H and O–H groups in total. The van der Waals surface area contributed by atoms with Crippen molar-refractivity contribution in [3.8, 4) is 23.0 Å². The predicted octanol–water partition coefficient (Wildman–Crippen LogP) is 2.34. The van der Waals surface area contributed by atoms with Gasteiger partial charge in [-0.1, -0.05) is 17.3 Å². The van der Waals surface area contributed by atoms with E-state index in [1.807, 2.05) is 7.05 Å². The summed E-state index contributed by atoms with van der Waals surface area (Å²) >= 11 is 0. The smallest absolute Gasteiger partial charge is 0.279 e. The zero-order valence-corrected chi connectivity index (χ0v) is 16.0. The number of halogens is 1. The fourth-order valence-electron chi connectivity index (χ4n) is 4.00. The number of hydrogen-bond donors (Lipinski definition) is 0. The van der Waals surface area contributed by atoms with Crippen LogP contribution in [-0.4, -0.2) is 50.0 Å². The van der Waals surface area contributed by atoms with Crippen LogP contribution in [0.3, 0.4) is 0 Å². The van der Waals surface area contributed by atoms with Crippen molar-refractivity contribution in [2.75, 3.05) is 13.2 Å². The molecule has 5 rings (SSSR count). The Morgan fingerprint density at radius 3 is 2.97 bits per heavy atom. The van der Waals surface area contributed by atoms with Crippen molar-refractivity contribution >= 4 is 5.91 Å². The standard InChI is InChI=1S/C20H20FN5O3/c1-25-15-8-9-26(20(27)16-7-4-10-28-16)11-13(15)17(23-25)19-22-18(24-29-19)12-5-2-3-6-14(12)21/h2-3,5-6,16H,4,7-11H2,1H3/t16-/m1/s1. The van der Waals surface area contributed by atoms with E-state index >= 15 is 0 Å². The zero-order valence-electron chi connectivity index (χ0n) is 16.0. The second-order valence-electron chi connectivity index (χ2n) is 7.31. The fraction of sp³-hybridized carbons (Fsp3) is 0.400. The highest BCUT2D eigenvalue weighted by atomic mass is 19.1. The van der Waals surface area contributed by atoms with Crippen LogP contribution in [0.2, 0.25) is 0 Å². The Bertz CT molecular complexity index is 1070. The highest BCUT2D eigenvalue weighted by molar-refractivity contribution is 5.81. The Morgan fingerprint density at radius 1 is 1.31 bits per heavy atom. The molecule has 1 amide bonds. The lowest BCUT2D eigenvalue weighted by molar-refractivity contribution is -0.141. The lowest BCUT2D eigenvalue weighted by Gasteiger charge is -2.29. The Labute approximate surface area is 166 Å². The van der Waals surface area contributed by atoms with Gasteiger partial charge in [0.25, 0.3) is 11.8 Å². The minimum atomic E-state index is -0.420. The van der Waals surface area contributed by atoms with Gasteiger partial charge >= 0.3 is 0 Å². The van der Waals surface area contributed by atoms with E-state index in [0.717, 1.165) is 24.1 Å². The first-order valence-electron chi connectivity index (χ1n) is 9.66. The number of fused-ring (bicyclic) bond motifs is 1. The summed E-state index contributed by atoms with van der Waals surface area (Å²) < 4.78 is 26.8. The third-order valence-corrected chi connectivity index (χ3v) is 5.50. The van der Waals surface area contributed by atoms with Crippen LogP contribution >= 0.6 is 0 Å². The monoisotopic (exact) mass is 397 g/mol. The average molecular weight is 397 g/mol.